The molecule has 1 N–H and O–H groups in total. The maximum absolute atomic E-state index is 5.30. The summed E-state index contributed by atoms with van der Waals surface area (Å²) in [5, 5.41) is 3.49. The number of rotatable bonds is 3. The quantitative estimate of drug-likeness (QED) is 0.786. The van der Waals surface area contributed by atoms with Gasteiger partial charge in [0, 0.05) is 19.7 Å². The smallest absolute Gasteiger partial charge is 0.0502 e. The zero-order valence-electron chi connectivity index (χ0n) is 10.7. The maximum Gasteiger partial charge on any atom is 0.0502 e. The van der Waals surface area contributed by atoms with Crippen molar-refractivity contribution < 1.29 is 4.74 Å². The molecular weight excluding hydrogens is 200 g/mol. The summed E-state index contributed by atoms with van der Waals surface area (Å²) in [4.78, 5) is 2.72. The molecule has 0 aliphatic carbocycles. The fraction of sp³-hybridized carbons (Fsp3) is 1.00. The highest BCUT2D eigenvalue weighted by atomic mass is 16.5. The van der Waals surface area contributed by atoms with E-state index in [1.807, 2.05) is 7.11 Å². The molecule has 0 saturated carbocycles. The summed E-state index contributed by atoms with van der Waals surface area (Å²) in [5.41, 5.74) is 0. The van der Waals surface area contributed by atoms with Crippen molar-refractivity contribution in [1.29, 1.82) is 0 Å². The topological polar surface area (TPSA) is 24.5 Å². The minimum atomic E-state index is 0.765. The average Bonchev–Trinajstić information content (AvgIpc) is 2.30. The van der Waals surface area contributed by atoms with Gasteiger partial charge >= 0.3 is 0 Å². The van der Waals surface area contributed by atoms with Gasteiger partial charge in [-0.05, 0) is 50.7 Å². The summed E-state index contributed by atoms with van der Waals surface area (Å²) in [6.45, 7) is 8.27. The standard InChI is InChI=1S/C13H26N2O/c1-11-8-14-6-5-13(11)15-7-3-4-12(9-15)10-16-2/h11-14H,3-10H2,1-2H3. The van der Waals surface area contributed by atoms with Gasteiger partial charge < -0.3 is 10.1 Å². The van der Waals surface area contributed by atoms with Crippen molar-refractivity contribution in [2.45, 2.75) is 32.2 Å². The monoisotopic (exact) mass is 226 g/mol. The van der Waals surface area contributed by atoms with Crippen LogP contribution >= 0.6 is 0 Å². The van der Waals surface area contributed by atoms with Gasteiger partial charge in [-0.1, -0.05) is 6.92 Å². The lowest BCUT2D eigenvalue weighted by Crippen LogP contribution is -2.52. The molecule has 2 aliphatic heterocycles. The van der Waals surface area contributed by atoms with E-state index >= 15 is 0 Å². The summed E-state index contributed by atoms with van der Waals surface area (Å²) in [7, 11) is 1.83. The lowest BCUT2D eigenvalue weighted by molar-refractivity contribution is 0.0422. The van der Waals surface area contributed by atoms with Crippen molar-refractivity contribution >= 4 is 0 Å². The molecule has 0 aromatic heterocycles. The molecule has 3 heteroatoms. The Labute approximate surface area is 99.5 Å². The average molecular weight is 226 g/mol. The van der Waals surface area contributed by atoms with E-state index in [2.05, 4.69) is 17.1 Å². The van der Waals surface area contributed by atoms with Crippen LogP contribution in [0, 0.1) is 11.8 Å². The number of ether oxygens (including phenoxy) is 1. The van der Waals surface area contributed by atoms with Crippen LogP contribution in [0.4, 0.5) is 0 Å². The normalized spacial score (nSPS) is 37.5. The molecular formula is C13H26N2O. The first-order valence-electron chi connectivity index (χ1n) is 6.75. The molecule has 3 nitrogen and oxygen atoms in total. The Bertz CT molecular complexity index is 208. The molecule has 3 atom stereocenters. The second kappa shape index (κ2) is 5.99. The summed E-state index contributed by atoms with van der Waals surface area (Å²) < 4.78 is 5.30. The van der Waals surface area contributed by atoms with Crippen molar-refractivity contribution in [3.8, 4) is 0 Å². The molecule has 0 amide bonds. The molecule has 2 heterocycles. The predicted molar refractivity (Wildman–Crippen MR) is 66.6 cm³/mol. The highest BCUT2D eigenvalue weighted by Gasteiger charge is 2.30. The molecule has 2 aliphatic rings. The zero-order chi connectivity index (χ0) is 11.4. The second-order valence-electron chi connectivity index (χ2n) is 5.50. The molecule has 0 aromatic carbocycles. The van der Waals surface area contributed by atoms with E-state index in [1.54, 1.807) is 0 Å². The van der Waals surface area contributed by atoms with Crippen LogP contribution in [0.5, 0.6) is 0 Å². The second-order valence-corrected chi connectivity index (χ2v) is 5.50. The molecule has 2 rings (SSSR count). The molecule has 0 bridgehead atoms. The van der Waals surface area contributed by atoms with Crippen LogP contribution in [0.15, 0.2) is 0 Å². The molecule has 0 aromatic rings. The molecule has 2 fully saturated rings. The van der Waals surface area contributed by atoms with E-state index in [4.69, 9.17) is 4.74 Å². The summed E-state index contributed by atoms with van der Waals surface area (Å²) in [6, 6.07) is 0.806. The molecule has 0 spiro atoms. The van der Waals surface area contributed by atoms with Crippen LogP contribution in [0.25, 0.3) is 0 Å². The number of likely N-dealkylation sites (tertiary alicyclic amines) is 1. The van der Waals surface area contributed by atoms with Crippen molar-refractivity contribution in [1.82, 2.24) is 10.2 Å². The minimum Gasteiger partial charge on any atom is -0.384 e. The Hall–Kier alpha value is -0.120. The molecule has 94 valence electrons. The van der Waals surface area contributed by atoms with E-state index in [9.17, 15) is 0 Å². The Balaban J connectivity index is 1.87. The lowest BCUT2D eigenvalue weighted by Gasteiger charge is -2.43. The number of nitrogens with one attached hydrogen (secondary N) is 1. The van der Waals surface area contributed by atoms with Gasteiger partial charge in [0.1, 0.15) is 0 Å². The largest absolute Gasteiger partial charge is 0.384 e. The molecule has 2 saturated heterocycles. The number of hydrogen-bond acceptors (Lipinski definition) is 3. The maximum atomic E-state index is 5.30. The van der Waals surface area contributed by atoms with E-state index in [1.165, 1.54) is 45.4 Å². The summed E-state index contributed by atoms with van der Waals surface area (Å²) >= 11 is 0. The Morgan fingerprint density at radius 3 is 3.00 bits per heavy atom. The van der Waals surface area contributed by atoms with E-state index < -0.39 is 0 Å². The van der Waals surface area contributed by atoms with Gasteiger partial charge in [0.05, 0.1) is 6.61 Å². The molecule has 16 heavy (non-hydrogen) atoms. The number of nitrogens with zero attached hydrogens (tertiary/aromatic N) is 1. The Morgan fingerprint density at radius 1 is 1.38 bits per heavy atom. The van der Waals surface area contributed by atoms with Gasteiger partial charge in [-0.15, -0.1) is 0 Å². The van der Waals surface area contributed by atoms with Gasteiger partial charge in [0.15, 0.2) is 0 Å². The van der Waals surface area contributed by atoms with Gasteiger partial charge in [-0.25, -0.2) is 0 Å². The lowest BCUT2D eigenvalue weighted by atomic mass is 9.89. The predicted octanol–water partition coefficient (Wildman–Crippen LogP) is 1.34. The fourth-order valence-electron chi connectivity index (χ4n) is 3.31. The zero-order valence-corrected chi connectivity index (χ0v) is 10.7. The van der Waals surface area contributed by atoms with Gasteiger partial charge in [0.2, 0.25) is 0 Å². The molecule has 3 unspecified atom stereocenters. The Morgan fingerprint density at radius 2 is 2.25 bits per heavy atom. The van der Waals surface area contributed by atoms with Gasteiger partial charge in [0.25, 0.3) is 0 Å². The number of methoxy groups -OCH3 is 1. The van der Waals surface area contributed by atoms with Crippen molar-refractivity contribution in [3.63, 3.8) is 0 Å². The summed E-state index contributed by atoms with van der Waals surface area (Å²) in [6.07, 6.45) is 4.02. The first-order chi connectivity index (χ1) is 7.81. The highest BCUT2D eigenvalue weighted by Crippen LogP contribution is 2.24. The first kappa shape index (κ1) is 12.3. The van der Waals surface area contributed by atoms with Crippen LogP contribution in [-0.4, -0.2) is 50.8 Å². The highest BCUT2D eigenvalue weighted by molar-refractivity contribution is 4.86. The van der Waals surface area contributed by atoms with Gasteiger partial charge in [-0.3, -0.25) is 4.90 Å². The van der Waals surface area contributed by atoms with E-state index in [0.717, 1.165) is 24.5 Å². The van der Waals surface area contributed by atoms with Crippen LogP contribution < -0.4 is 5.32 Å². The van der Waals surface area contributed by atoms with Crippen LogP contribution in [0.1, 0.15) is 26.2 Å². The van der Waals surface area contributed by atoms with Gasteiger partial charge in [-0.2, -0.15) is 0 Å². The van der Waals surface area contributed by atoms with Crippen molar-refractivity contribution in [2.24, 2.45) is 11.8 Å². The third-order valence-electron chi connectivity index (χ3n) is 4.16. The van der Waals surface area contributed by atoms with Crippen LogP contribution in [-0.2, 0) is 4.74 Å². The Kier molecular flexibility index (Phi) is 4.62. The fourth-order valence-corrected chi connectivity index (χ4v) is 3.31. The molecule has 0 radical (unpaired) electrons. The first-order valence-corrected chi connectivity index (χ1v) is 6.75. The van der Waals surface area contributed by atoms with Crippen molar-refractivity contribution in [2.75, 3.05) is 39.9 Å². The SMILES string of the molecule is COCC1CCCN(C2CCNCC2C)C1. The number of hydrogen-bond donors (Lipinski definition) is 1. The number of piperidine rings is 2. The van der Waals surface area contributed by atoms with Crippen LogP contribution in [0.2, 0.25) is 0 Å². The minimum absolute atomic E-state index is 0.765. The van der Waals surface area contributed by atoms with Crippen LogP contribution in [0.3, 0.4) is 0 Å². The van der Waals surface area contributed by atoms with Crippen molar-refractivity contribution in [3.05, 3.63) is 0 Å². The third kappa shape index (κ3) is 2.96. The van der Waals surface area contributed by atoms with E-state index in [0.29, 0.717) is 0 Å². The summed E-state index contributed by atoms with van der Waals surface area (Å²) in [5.74, 6) is 1.57. The third-order valence-corrected chi connectivity index (χ3v) is 4.16. The van der Waals surface area contributed by atoms with E-state index in [-0.39, 0.29) is 0 Å².